The molecule has 0 amide bonds. The second kappa shape index (κ2) is 6.29. The van der Waals surface area contributed by atoms with Gasteiger partial charge >= 0.3 is 6.18 Å². The maximum Gasteiger partial charge on any atom is 0.389 e. The molecule has 6 heteroatoms. The normalized spacial score (nSPS) is 13.4. The molecule has 2 nitrogen and oxygen atoms in total. The van der Waals surface area contributed by atoms with Crippen LogP contribution in [0, 0.1) is 0 Å². The van der Waals surface area contributed by atoms with E-state index in [9.17, 15) is 13.2 Å². The number of ether oxygens (including phenoxy) is 1. The predicted molar refractivity (Wildman–Crippen MR) is 64.8 cm³/mol. The zero-order valence-corrected chi connectivity index (χ0v) is 10.7. The van der Waals surface area contributed by atoms with E-state index in [1.54, 1.807) is 25.1 Å². The molecule has 0 aromatic heterocycles. The van der Waals surface area contributed by atoms with Crippen molar-refractivity contribution in [3.05, 3.63) is 28.8 Å². The van der Waals surface area contributed by atoms with Gasteiger partial charge in [0.05, 0.1) is 6.61 Å². The van der Waals surface area contributed by atoms with Crippen molar-refractivity contribution < 1.29 is 17.9 Å². The van der Waals surface area contributed by atoms with Gasteiger partial charge in [-0.1, -0.05) is 11.6 Å². The fourth-order valence-corrected chi connectivity index (χ4v) is 1.64. The van der Waals surface area contributed by atoms with E-state index in [1.165, 1.54) is 0 Å². The Bertz CT molecular complexity index is 393. The van der Waals surface area contributed by atoms with Crippen LogP contribution in [0.3, 0.4) is 0 Å². The van der Waals surface area contributed by atoms with Crippen molar-refractivity contribution in [1.29, 1.82) is 0 Å². The van der Waals surface area contributed by atoms with Gasteiger partial charge in [-0.15, -0.1) is 0 Å². The van der Waals surface area contributed by atoms with E-state index in [0.29, 0.717) is 16.3 Å². The Kier molecular flexibility index (Phi) is 5.28. The van der Waals surface area contributed by atoms with E-state index in [2.05, 4.69) is 0 Å². The Labute approximate surface area is 109 Å². The lowest BCUT2D eigenvalue weighted by atomic mass is 10.1. The van der Waals surface area contributed by atoms with Crippen LogP contribution in [0.2, 0.25) is 5.02 Å². The molecule has 1 atom stereocenters. The molecular formula is C12H15ClF3NO. The van der Waals surface area contributed by atoms with E-state index in [4.69, 9.17) is 22.1 Å². The van der Waals surface area contributed by atoms with Crippen LogP contribution in [-0.4, -0.2) is 12.8 Å². The first-order valence-electron chi connectivity index (χ1n) is 5.54. The molecule has 0 aliphatic rings. The average molecular weight is 282 g/mol. The van der Waals surface area contributed by atoms with Crippen molar-refractivity contribution in [2.75, 3.05) is 6.61 Å². The van der Waals surface area contributed by atoms with Gasteiger partial charge in [-0.3, -0.25) is 0 Å². The first kappa shape index (κ1) is 15.1. The van der Waals surface area contributed by atoms with Gasteiger partial charge in [0.1, 0.15) is 5.75 Å². The van der Waals surface area contributed by atoms with Gasteiger partial charge in [0.15, 0.2) is 0 Å². The highest BCUT2D eigenvalue weighted by molar-refractivity contribution is 6.30. The second-order valence-corrected chi connectivity index (χ2v) is 4.47. The molecule has 1 aromatic rings. The van der Waals surface area contributed by atoms with Crippen molar-refractivity contribution in [2.24, 2.45) is 5.73 Å². The quantitative estimate of drug-likeness (QED) is 0.825. The molecule has 0 spiro atoms. The summed E-state index contributed by atoms with van der Waals surface area (Å²) in [5.41, 5.74) is 6.43. The minimum atomic E-state index is -4.15. The molecule has 0 bridgehead atoms. The number of rotatable bonds is 5. The average Bonchev–Trinajstić information content (AvgIpc) is 2.24. The molecule has 0 radical (unpaired) electrons. The highest BCUT2D eigenvalue weighted by Crippen LogP contribution is 2.28. The summed E-state index contributed by atoms with van der Waals surface area (Å²) in [4.78, 5) is 0. The van der Waals surface area contributed by atoms with Crippen LogP contribution < -0.4 is 10.5 Å². The van der Waals surface area contributed by atoms with Gasteiger partial charge in [-0.2, -0.15) is 13.2 Å². The smallest absolute Gasteiger partial charge is 0.389 e. The molecule has 2 N–H and O–H groups in total. The molecular weight excluding hydrogens is 267 g/mol. The van der Waals surface area contributed by atoms with E-state index >= 15 is 0 Å². The fourth-order valence-electron chi connectivity index (χ4n) is 1.46. The largest absolute Gasteiger partial charge is 0.493 e. The van der Waals surface area contributed by atoms with Gasteiger partial charge in [0.25, 0.3) is 0 Å². The third-order valence-corrected chi connectivity index (χ3v) is 2.56. The van der Waals surface area contributed by atoms with Gasteiger partial charge < -0.3 is 10.5 Å². The van der Waals surface area contributed by atoms with Crippen LogP contribution >= 0.6 is 11.6 Å². The zero-order chi connectivity index (χ0) is 13.8. The number of halogens is 4. The van der Waals surface area contributed by atoms with E-state index in [0.717, 1.165) is 0 Å². The van der Waals surface area contributed by atoms with Crippen molar-refractivity contribution >= 4 is 11.6 Å². The monoisotopic (exact) mass is 281 g/mol. The molecule has 102 valence electrons. The lowest BCUT2D eigenvalue weighted by Crippen LogP contribution is -2.11. The topological polar surface area (TPSA) is 35.2 Å². The minimum absolute atomic E-state index is 0.000856. The molecule has 0 saturated heterocycles. The van der Waals surface area contributed by atoms with E-state index in [-0.39, 0.29) is 19.1 Å². The summed E-state index contributed by atoms with van der Waals surface area (Å²) >= 11 is 5.82. The Morgan fingerprint density at radius 2 is 2.06 bits per heavy atom. The summed E-state index contributed by atoms with van der Waals surface area (Å²) in [5.74, 6) is 0.483. The fraction of sp³-hybridized carbons (Fsp3) is 0.500. The molecule has 0 fully saturated rings. The highest BCUT2D eigenvalue weighted by Gasteiger charge is 2.26. The SMILES string of the molecule is C[C@@H](N)c1cc(Cl)ccc1OCCCC(F)(F)F. The van der Waals surface area contributed by atoms with Crippen LogP contribution in [0.25, 0.3) is 0 Å². The highest BCUT2D eigenvalue weighted by atomic mass is 35.5. The summed E-state index contributed by atoms with van der Waals surface area (Å²) < 4.78 is 41.2. The van der Waals surface area contributed by atoms with Gasteiger partial charge in [-0.25, -0.2) is 0 Å². The summed E-state index contributed by atoms with van der Waals surface area (Å²) in [6, 6.07) is 4.60. The first-order valence-corrected chi connectivity index (χ1v) is 5.92. The van der Waals surface area contributed by atoms with Crippen molar-refractivity contribution in [3.8, 4) is 5.75 Å². The lowest BCUT2D eigenvalue weighted by molar-refractivity contribution is -0.136. The molecule has 0 aliphatic carbocycles. The summed E-state index contributed by atoms with van der Waals surface area (Å²) in [6.45, 7) is 1.76. The number of nitrogens with two attached hydrogens (primary N) is 1. The zero-order valence-electron chi connectivity index (χ0n) is 9.93. The standard InChI is InChI=1S/C12H15ClF3NO/c1-8(17)10-7-9(13)3-4-11(10)18-6-2-5-12(14,15)16/h3-4,7-8H,2,5-6,17H2,1H3/t8-/m1/s1. The Hall–Kier alpha value is -0.940. The van der Waals surface area contributed by atoms with Crippen LogP contribution in [0.5, 0.6) is 5.75 Å². The van der Waals surface area contributed by atoms with E-state index in [1.807, 2.05) is 0 Å². The van der Waals surface area contributed by atoms with Crippen LogP contribution in [0.1, 0.15) is 31.4 Å². The van der Waals surface area contributed by atoms with Crippen LogP contribution in [0.15, 0.2) is 18.2 Å². The van der Waals surface area contributed by atoms with E-state index < -0.39 is 12.6 Å². The molecule has 0 saturated carbocycles. The molecule has 0 aliphatic heterocycles. The third-order valence-electron chi connectivity index (χ3n) is 2.32. The van der Waals surface area contributed by atoms with Gasteiger partial charge in [0.2, 0.25) is 0 Å². The second-order valence-electron chi connectivity index (χ2n) is 4.04. The first-order chi connectivity index (χ1) is 8.29. The number of alkyl halides is 3. The predicted octanol–water partition coefficient (Wildman–Crippen LogP) is 4.08. The summed E-state index contributed by atoms with van der Waals surface area (Å²) in [6.07, 6.45) is -5.08. The maximum absolute atomic E-state index is 11.9. The van der Waals surface area contributed by atoms with Crippen molar-refractivity contribution in [1.82, 2.24) is 0 Å². The van der Waals surface area contributed by atoms with Crippen molar-refractivity contribution in [2.45, 2.75) is 32.0 Å². The van der Waals surface area contributed by atoms with Crippen LogP contribution in [-0.2, 0) is 0 Å². The Balaban J connectivity index is 2.57. The Morgan fingerprint density at radius 1 is 1.39 bits per heavy atom. The molecule has 1 aromatic carbocycles. The van der Waals surface area contributed by atoms with Crippen molar-refractivity contribution in [3.63, 3.8) is 0 Å². The Morgan fingerprint density at radius 3 is 2.61 bits per heavy atom. The third kappa shape index (κ3) is 5.14. The van der Waals surface area contributed by atoms with Gasteiger partial charge in [0, 0.05) is 23.0 Å². The van der Waals surface area contributed by atoms with Gasteiger partial charge in [-0.05, 0) is 31.5 Å². The number of benzene rings is 1. The minimum Gasteiger partial charge on any atom is -0.493 e. The lowest BCUT2D eigenvalue weighted by Gasteiger charge is -2.14. The maximum atomic E-state index is 11.9. The molecule has 0 heterocycles. The number of hydrogen-bond acceptors (Lipinski definition) is 2. The number of hydrogen-bond donors (Lipinski definition) is 1. The summed E-state index contributed by atoms with van der Waals surface area (Å²) in [5, 5.41) is 0.518. The molecule has 1 rings (SSSR count). The molecule has 0 unspecified atom stereocenters. The summed E-state index contributed by atoms with van der Waals surface area (Å²) in [7, 11) is 0. The molecule has 18 heavy (non-hydrogen) atoms. The van der Waals surface area contributed by atoms with Crippen LogP contribution in [0.4, 0.5) is 13.2 Å².